The van der Waals surface area contributed by atoms with Crippen molar-refractivity contribution in [3.8, 4) is 11.5 Å². The van der Waals surface area contributed by atoms with E-state index >= 15 is 0 Å². The van der Waals surface area contributed by atoms with Crippen LogP contribution in [-0.4, -0.2) is 37.3 Å². The number of fused-ring (bicyclic) bond motifs is 6. The first-order chi connectivity index (χ1) is 16.3. The van der Waals surface area contributed by atoms with Crippen molar-refractivity contribution in [2.75, 3.05) is 26.4 Å². The molecule has 2 aliphatic heterocycles. The fraction of sp³-hybridized carbons (Fsp3) is 0.296. The summed E-state index contributed by atoms with van der Waals surface area (Å²) in [5.74, 6) is 1.47. The van der Waals surface area contributed by atoms with Crippen molar-refractivity contribution in [1.82, 2.24) is 5.32 Å². The maximum absolute atomic E-state index is 10.1. The SMILES string of the molecule is O/N=C1/C[C@@H]2N[C@@H](c3ccccc3OCCOCCOc3ccccc32)[C@@H]1c1ccccc1. The van der Waals surface area contributed by atoms with Gasteiger partial charge in [0.15, 0.2) is 0 Å². The van der Waals surface area contributed by atoms with E-state index in [2.05, 4.69) is 34.7 Å². The first-order valence-electron chi connectivity index (χ1n) is 11.4. The average Bonchev–Trinajstić information content (AvgIpc) is 2.88. The van der Waals surface area contributed by atoms with Crippen molar-refractivity contribution >= 4 is 5.71 Å². The summed E-state index contributed by atoms with van der Waals surface area (Å²) < 4.78 is 17.9. The Morgan fingerprint density at radius 2 is 1.33 bits per heavy atom. The highest BCUT2D eigenvalue weighted by molar-refractivity contribution is 5.93. The molecule has 2 N–H and O–H groups in total. The third-order valence-electron chi connectivity index (χ3n) is 6.29. The Labute approximate surface area is 193 Å². The van der Waals surface area contributed by atoms with Crippen molar-refractivity contribution in [3.05, 3.63) is 95.6 Å². The normalized spacial score (nSPS) is 24.5. The molecule has 1 saturated heterocycles. The van der Waals surface area contributed by atoms with Gasteiger partial charge in [-0.2, -0.15) is 0 Å². The molecule has 3 atom stereocenters. The van der Waals surface area contributed by atoms with E-state index in [1.807, 2.05) is 54.6 Å². The quantitative estimate of drug-likeness (QED) is 0.414. The van der Waals surface area contributed by atoms with Gasteiger partial charge in [-0.25, -0.2) is 0 Å². The van der Waals surface area contributed by atoms with Gasteiger partial charge in [0.2, 0.25) is 0 Å². The highest BCUT2D eigenvalue weighted by atomic mass is 16.5. The minimum Gasteiger partial charge on any atom is -0.491 e. The van der Waals surface area contributed by atoms with Gasteiger partial charge < -0.3 is 24.7 Å². The molecule has 5 rings (SSSR count). The molecule has 33 heavy (non-hydrogen) atoms. The Kier molecular flexibility index (Phi) is 6.56. The standard InChI is InChI=1S/C27H28N2O4/c30-29-23-18-22-20-10-4-6-12-24(20)32-16-14-31-15-17-33-25-13-7-5-11-21(25)27(28-22)26(23)19-8-2-1-3-9-19/h1-13,22,26-28,30H,14-18H2/b29-23-/t22-,26+,27-/m0/s1. The molecule has 0 aromatic heterocycles. The Hall–Kier alpha value is -3.35. The third kappa shape index (κ3) is 4.58. The lowest BCUT2D eigenvalue weighted by molar-refractivity contribution is 0.0751. The number of piperidine rings is 1. The monoisotopic (exact) mass is 444 g/mol. The molecule has 6 heteroatoms. The number of nitrogens with zero attached hydrogens (tertiary/aromatic N) is 1. The van der Waals surface area contributed by atoms with E-state index in [1.165, 1.54) is 0 Å². The number of para-hydroxylation sites is 2. The van der Waals surface area contributed by atoms with Gasteiger partial charge in [0.1, 0.15) is 24.7 Å². The second kappa shape index (κ2) is 10.1. The molecule has 0 radical (unpaired) electrons. The van der Waals surface area contributed by atoms with Crippen LogP contribution in [0.5, 0.6) is 11.5 Å². The van der Waals surface area contributed by atoms with E-state index in [0.717, 1.165) is 33.9 Å². The fourth-order valence-corrected chi connectivity index (χ4v) is 4.81. The highest BCUT2D eigenvalue weighted by Gasteiger charge is 2.39. The molecule has 0 saturated carbocycles. The van der Waals surface area contributed by atoms with Gasteiger partial charge in [-0.1, -0.05) is 71.9 Å². The van der Waals surface area contributed by atoms with Gasteiger partial charge in [-0.05, 0) is 17.7 Å². The molecule has 1 fully saturated rings. The summed E-state index contributed by atoms with van der Waals surface area (Å²) in [4.78, 5) is 0. The Balaban J connectivity index is 1.64. The maximum atomic E-state index is 10.1. The van der Waals surface area contributed by atoms with Gasteiger partial charge in [-0.15, -0.1) is 0 Å². The van der Waals surface area contributed by atoms with Gasteiger partial charge in [-0.3, -0.25) is 0 Å². The molecular weight excluding hydrogens is 416 g/mol. The van der Waals surface area contributed by atoms with Crippen molar-refractivity contribution < 1.29 is 19.4 Å². The molecular formula is C27H28N2O4. The van der Waals surface area contributed by atoms with E-state index in [9.17, 15) is 5.21 Å². The van der Waals surface area contributed by atoms with Crippen LogP contribution >= 0.6 is 0 Å². The van der Waals surface area contributed by atoms with Crippen LogP contribution in [-0.2, 0) is 4.74 Å². The van der Waals surface area contributed by atoms with Crippen LogP contribution in [0.25, 0.3) is 0 Å². The molecule has 6 nitrogen and oxygen atoms in total. The number of benzene rings is 3. The summed E-state index contributed by atoms with van der Waals surface area (Å²) in [7, 11) is 0. The third-order valence-corrected chi connectivity index (χ3v) is 6.29. The summed E-state index contributed by atoms with van der Waals surface area (Å²) in [6.45, 7) is 1.86. The zero-order valence-electron chi connectivity index (χ0n) is 18.4. The Bertz CT molecular complexity index is 1100. The van der Waals surface area contributed by atoms with E-state index in [1.54, 1.807) is 0 Å². The molecule has 0 amide bonds. The topological polar surface area (TPSA) is 72.3 Å². The number of nitrogens with one attached hydrogen (secondary N) is 1. The number of rotatable bonds is 1. The van der Waals surface area contributed by atoms with Crippen molar-refractivity contribution in [3.63, 3.8) is 0 Å². The average molecular weight is 445 g/mol. The predicted octanol–water partition coefficient (Wildman–Crippen LogP) is 4.86. The molecule has 0 unspecified atom stereocenters. The Morgan fingerprint density at radius 3 is 2.03 bits per heavy atom. The van der Waals surface area contributed by atoms with Crippen LogP contribution in [0.2, 0.25) is 0 Å². The van der Waals surface area contributed by atoms with E-state index in [4.69, 9.17) is 14.2 Å². The number of hydrogen-bond acceptors (Lipinski definition) is 6. The first kappa shape index (κ1) is 21.5. The molecule has 0 spiro atoms. The van der Waals surface area contributed by atoms with Crippen molar-refractivity contribution in [1.29, 1.82) is 0 Å². The number of oxime groups is 1. The van der Waals surface area contributed by atoms with Crippen molar-refractivity contribution in [2.24, 2.45) is 5.16 Å². The molecule has 3 aromatic carbocycles. The maximum Gasteiger partial charge on any atom is 0.124 e. The van der Waals surface area contributed by atoms with Gasteiger partial charge >= 0.3 is 0 Å². The van der Waals surface area contributed by atoms with Gasteiger partial charge in [0.25, 0.3) is 0 Å². The zero-order valence-corrected chi connectivity index (χ0v) is 18.4. The van der Waals surface area contributed by atoms with E-state index < -0.39 is 0 Å². The minimum atomic E-state index is -0.162. The minimum absolute atomic E-state index is 0.0889. The number of ether oxygens (including phenoxy) is 3. The molecule has 3 aromatic rings. The van der Waals surface area contributed by atoms with Crippen LogP contribution in [0.4, 0.5) is 0 Å². The lowest BCUT2D eigenvalue weighted by atomic mass is 9.76. The number of hydrogen-bond donors (Lipinski definition) is 2. The van der Waals surface area contributed by atoms with Crippen LogP contribution in [0.15, 0.2) is 84.0 Å². The molecule has 2 aliphatic rings. The first-order valence-corrected chi connectivity index (χ1v) is 11.4. The Morgan fingerprint density at radius 1 is 0.727 bits per heavy atom. The smallest absolute Gasteiger partial charge is 0.124 e. The zero-order chi connectivity index (χ0) is 22.5. The summed E-state index contributed by atoms with van der Waals surface area (Å²) in [5, 5.41) is 17.8. The van der Waals surface area contributed by atoms with Gasteiger partial charge in [0, 0.05) is 35.5 Å². The predicted molar refractivity (Wildman–Crippen MR) is 126 cm³/mol. The molecule has 2 heterocycles. The van der Waals surface area contributed by atoms with Crippen molar-refractivity contribution in [2.45, 2.75) is 24.4 Å². The van der Waals surface area contributed by atoms with Crippen LogP contribution in [0, 0.1) is 0 Å². The summed E-state index contributed by atoms with van der Waals surface area (Å²) in [6.07, 6.45) is 0.562. The van der Waals surface area contributed by atoms with E-state index in [-0.39, 0.29) is 18.0 Å². The summed E-state index contributed by atoms with van der Waals surface area (Å²) >= 11 is 0. The largest absolute Gasteiger partial charge is 0.491 e. The lowest BCUT2D eigenvalue weighted by Crippen LogP contribution is -2.41. The van der Waals surface area contributed by atoms with Gasteiger partial charge in [0.05, 0.1) is 18.9 Å². The molecule has 0 aliphatic carbocycles. The summed E-state index contributed by atoms with van der Waals surface area (Å²) in [6, 6.07) is 26.0. The lowest BCUT2D eigenvalue weighted by Gasteiger charge is -2.39. The molecule has 170 valence electrons. The fourth-order valence-electron chi connectivity index (χ4n) is 4.81. The second-order valence-corrected chi connectivity index (χ2v) is 8.27. The van der Waals surface area contributed by atoms with Crippen LogP contribution < -0.4 is 14.8 Å². The van der Waals surface area contributed by atoms with Crippen LogP contribution in [0.1, 0.15) is 41.1 Å². The summed E-state index contributed by atoms with van der Waals surface area (Å²) in [5.41, 5.74) is 3.87. The van der Waals surface area contributed by atoms with Crippen LogP contribution in [0.3, 0.4) is 0 Å². The molecule has 2 bridgehead atoms. The van der Waals surface area contributed by atoms with E-state index in [0.29, 0.717) is 32.8 Å². The highest BCUT2D eigenvalue weighted by Crippen LogP contribution is 2.45. The second-order valence-electron chi connectivity index (χ2n) is 8.27.